The Bertz CT molecular complexity index is 1090. The van der Waals surface area contributed by atoms with Crippen molar-refractivity contribution in [3.8, 4) is 16.9 Å². The molecule has 1 heterocycles. The Labute approximate surface area is 194 Å². The summed E-state index contributed by atoms with van der Waals surface area (Å²) < 4.78 is 11.5. The molecule has 0 spiro atoms. The van der Waals surface area contributed by atoms with E-state index in [-0.39, 0.29) is 11.3 Å². The smallest absolute Gasteiger partial charge is 0.357 e. The summed E-state index contributed by atoms with van der Waals surface area (Å²) in [6.45, 7) is 7.11. The zero-order valence-corrected chi connectivity index (χ0v) is 19.7. The minimum atomic E-state index is -0.661. The molecule has 2 aromatic carbocycles. The molecule has 0 amide bonds. The minimum absolute atomic E-state index is 0.0362. The number of ether oxygens (including phenoxy) is 2. The first-order valence-corrected chi connectivity index (χ1v) is 11.2. The lowest BCUT2D eigenvalue weighted by molar-refractivity contribution is 0.0549. The number of carbonyl (C=O) groups excluding carboxylic acids is 2. The van der Waals surface area contributed by atoms with Crippen molar-refractivity contribution in [3.05, 3.63) is 71.4 Å². The van der Waals surface area contributed by atoms with Gasteiger partial charge in [0.2, 0.25) is 0 Å². The number of methoxy groups -OCH3 is 2. The van der Waals surface area contributed by atoms with Crippen molar-refractivity contribution in [2.75, 3.05) is 27.3 Å². The Morgan fingerprint density at radius 3 is 2.33 bits per heavy atom. The lowest BCUT2D eigenvalue weighted by Crippen LogP contribution is -2.23. The molecule has 0 aliphatic heterocycles. The van der Waals surface area contributed by atoms with E-state index >= 15 is 0 Å². The number of nitrogens with zero attached hydrogens (tertiary/aromatic N) is 3. The normalized spacial score (nSPS) is 10.9. The Morgan fingerprint density at radius 2 is 1.70 bits per heavy atom. The van der Waals surface area contributed by atoms with E-state index in [4.69, 9.17) is 9.47 Å². The largest absolute Gasteiger partial charge is 0.465 e. The van der Waals surface area contributed by atoms with Gasteiger partial charge in [-0.3, -0.25) is 4.90 Å². The Hall–Kier alpha value is -3.45. The van der Waals surface area contributed by atoms with Gasteiger partial charge in [0.05, 0.1) is 19.9 Å². The van der Waals surface area contributed by atoms with Gasteiger partial charge in [-0.2, -0.15) is 5.10 Å². The van der Waals surface area contributed by atoms with Crippen molar-refractivity contribution < 1.29 is 19.1 Å². The van der Waals surface area contributed by atoms with Gasteiger partial charge < -0.3 is 9.47 Å². The second-order valence-corrected chi connectivity index (χ2v) is 7.73. The summed E-state index contributed by atoms with van der Waals surface area (Å²) in [5.74, 6) is -1.30. The summed E-state index contributed by atoms with van der Waals surface area (Å²) in [6.07, 6.45) is 2.29. The molecule has 33 heavy (non-hydrogen) atoms. The number of benzene rings is 2. The summed E-state index contributed by atoms with van der Waals surface area (Å²) in [7, 11) is 2.57. The average molecular weight is 450 g/mol. The first-order chi connectivity index (χ1) is 16.0. The molecule has 0 aliphatic carbocycles. The van der Waals surface area contributed by atoms with E-state index in [1.165, 1.54) is 18.9 Å². The molecular weight excluding hydrogens is 418 g/mol. The fraction of sp³-hybridized carbons (Fsp3) is 0.346. The minimum Gasteiger partial charge on any atom is -0.465 e. The summed E-state index contributed by atoms with van der Waals surface area (Å²) in [6, 6.07) is 17.1. The fourth-order valence-corrected chi connectivity index (χ4v) is 3.76. The van der Waals surface area contributed by atoms with Gasteiger partial charge in [0, 0.05) is 12.1 Å². The molecule has 0 N–H and O–H groups in total. The van der Waals surface area contributed by atoms with Crippen molar-refractivity contribution in [3.63, 3.8) is 0 Å². The molecule has 0 unspecified atom stereocenters. The van der Waals surface area contributed by atoms with Crippen LogP contribution in [-0.4, -0.2) is 53.9 Å². The molecular formula is C26H31N3O4. The number of unbranched alkanes of at least 4 members (excludes halogenated alkanes) is 1. The third kappa shape index (κ3) is 5.49. The maximum Gasteiger partial charge on any atom is 0.357 e. The molecule has 3 aromatic rings. The molecule has 7 heteroatoms. The highest BCUT2D eigenvalue weighted by Gasteiger charge is 2.31. The maximum atomic E-state index is 12.8. The summed E-state index contributed by atoms with van der Waals surface area (Å²) in [5, 5.41) is 4.68. The predicted octanol–water partition coefficient (Wildman–Crippen LogP) is 4.73. The number of esters is 2. The van der Waals surface area contributed by atoms with Gasteiger partial charge in [0.1, 0.15) is 11.3 Å². The van der Waals surface area contributed by atoms with Gasteiger partial charge in [0.25, 0.3) is 0 Å². The zero-order valence-electron chi connectivity index (χ0n) is 19.7. The highest BCUT2D eigenvalue weighted by molar-refractivity contribution is 6.06. The number of rotatable bonds is 10. The van der Waals surface area contributed by atoms with Gasteiger partial charge in [-0.15, -0.1) is 0 Å². The van der Waals surface area contributed by atoms with Crippen molar-refractivity contribution in [2.45, 2.75) is 33.2 Å². The number of para-hydroxylation sites is 1. The van der Waals surface area contributed by atoms with Crippen LogP contribution in [0.5, 0.6) is 0 Å². The second kappa shape index (κ2) is 11.4. The second-order valence-electron chi connectivity index (χ2n) is 7.73. The van der Waals surface area contributed by atoms with Crippen LogP contribution in [-0.2, 0) is 16.0 Å². The molecule has 174 valence electrons. The summed E-state index contributed by atoms with van der Waals surface area (Å²) in [5.41, 5.74) is 2.99. The third-order valence-electron chi connectivity index (χ3n) is 5.54. The molecule has 0 atom stereocenters. The van der Waals surface area contributed by atoms with Crippen LogP contribution in [0, 0.1) is 0 Å². The van der Waals surface area contributed by atoms with Gasteiger partial charge in [0.15, 0.2) is 5.69 Å². The Balaban J connectivity index is 2.14. The predicted molar refractivity (Wildman–Crippen MR) is 128 cm³/mol. The lowest BCUT2D eigenvalue weighted by Gasteiger charge is -2.20. The molecule has 7 nitrogen and oxygen atoms in total. The van der Waals surface area contributed by atoms with E-state index in [1.807, 2.05) is 48.5 Å². The summed E-state index contributed by atoms with van der Waals surface area (Å²) in [4.78, 5) is 28.0. The van der Waals surface area contributed by atoms with Crippen molar-refractivity contribution >= 4 is 11.9 Å². The fourth-order valence-electron chi connectivity index (χ4n) is 3.76. The number of hydrogen-bond donors (Lipinski definition) is 0. The first kappa shape index (κ1) is 24.2. The molecule has 0 saturated heterocycles. The summed E-state index contributed by atoms with van der Waals surface area (Å²) >= 11 is 0. The van der Waals surface area contributed by atoms with Gasteiger partial charge in [-0.1, -0.05) is 56.7 Å². The van der Waals surface area contributed by atoms with E-state index in [1.54, 1.807) is 0 Å². The van der Waals surface area contributed by atoms with Gasteiger partial charge in [-0.25, -0.2) is 14.3 Å². The Kier molecular flexibility index (Phi) is 8.38. The molecule has 1 aromatic heterocycles. The molecule has 0 bridgehead atoms. The van der Waals surface area contributed by atoms with Crippen LogP contribution < -0.4 is 0 Å². The number of aromatic nitrogens is 2. The number of carbonyl (C=O) groups is 2. The van der Waals surface area contributed by atoms with E-state index in [0.29, 0.717) is 11.4 Å². The highest BCUT2D eigenvalue weighted by Crippen LogP contribution is 2.30. The molecule has 0 fully saturated rings. The van der Waals surface area contributed by atoms with Crippen LogP contribution in [0.25, 0.3) is 16.9 Å². The van der Waals surface area contributed by atoms with Gasteiger partial charge >= 0.3 is 11.9 Å². The SMILES string of the molecule is CCCCN(CC)Cc1cccc(-c2nn(-c3ccccc3)c(C(=O)OC)c2C(=O)OC)c1. The van der Waals surface area contributed by atoms with E-state index in [2.05, 4.69) is 29.9 Å². The molecule has 0 aliphatic rings. The third-order valence-corrected chi connectivity index (χ3v) is 5.54. The van der Waals surface area contributed by atoms with Crippen LogP contribution in [0.4, 0.5) is 0 Å². The lowest BCUT2D eigenvalue weighted by atomic mass is 10.0. The van der Waals surface area contributed by atoms with Crippen LogP contribution in [0.2, 0.25) is 0 Å². The maximum absolute atomic E-state index is 12.8. The van der Waals surface area contributed by atoms with Crippen molar-refractivity contribution in [2.24, 2.45) is 0 Å². The zero-order chi connectivity index (χ0) is 23.8. The van der Waals surface area contributed by atoms with E-state index in [0.717, 1.165) is 43.6 Å². The van der Waals surface area contributed by atoms with E-state index in [9.17, 15) is 9.59 Å². The number of hydrogen-bond acceptors (Lipinski definition) is 6. The monoisotopic (exact) mass is 449 g/mol. The highest BCUT2D eigenvalue weighted by atomic mass is 16.5. The van der Waals surface area contributed by atoms with Crippen LogP contribution in [0.15, 0.2) is 54.6 Å². The van der Waals surface area contributed by atoms with Crippen molar-refractivity contribution in [1.29, 1.82) is 0 Å². The molecule has 3 rings (SSSR count). The van der Waals surface area contributed by atoms with Crippen LogP contribution in [0.1, 0.15) is 53.1 Å². The van der Waals surface area contributed by atoms with Crippen molar-refractivity contribution in [1.82, 2.24) is 14.7 Å². The quantitative estimate of drug-likeness (QED) is 0.417. The van der Waals surface area contributed by atoms with Crippen LogP contribution >= 0.6 is 0 Å². The van der Waals surface area contributed by atoms with E-state index < -0.39 is 11.9 Å². The average Bonchev–Trinajstić information content (AvgIpc) is 3.27. The Morgan fingerprint density at radius 1 is 0.970 bits per heavy atom. The topological polar surface area (TPSA) is 73.7 Å². The van der Waals surface area contributed by atoms with Crippen LogP contribution in [0.3, 0.4) is 0 Å². The first-order valence-electron chi connectivity index (χ1n) is 11.2. The molecule has 0 radical (unpaired) electrons. The standard InChI is InChI=1S/C26H31N3O4/c1-5-7-16-28(6-2)18-19-12-11-13-20(17-19)23-22(25(30)32-3)24(26(31)33-4)29(27-23)21-14-9-8-10-15-21/h8-15,17H,5-7,16,18H2,1-4H3. The van der Waals surface area contributed by atoms with Gasteiger partial charge in [-0.05, 0) is 43.3 Å². The molecule has 0 saturated carbocycles.